The lowest BCUT2D eigenvalue weighted by Crippen LogP contribution is -1.95. The molecule has 10 heavy (non-hydrogen) atoms. The quantitative estimate of drug-likeness (QED) is 0.622. The highest BCUT2D eigenvalue weighted by Crippen LogP contribution is 2.41. The maximum atomic E-state index is 5.07. The molecule has 1 heterocycles. The first-order chi connectivity index (χ1) is 4.88. The summed E-state index contributed by atoms with van der Waals surface area (Å²) in [7, 11) is 0. The van der Waals surface area contributed by atoms with Crippen LogP contribution in [0.2, 0.25) is 0 Å². The Bertz CT molecular complexity index is 203. The molecule has 0 aromatic carbocycles. The van der Waals surface area contributed by atoms with Gasteiger partial charge in [0.25, 0.3) is 0 Å². The molecule has 0 bridgehead atoms. The summed E-state index contributed by atoms with van der Waals surface area (Å²) in [6.07, 6.45) is 4.04. The molecule has 3 heteroatoms. The average molecular weight is 138 g/mol. The largest absolute Gasteiger partial charge is 0.428 e. The van der Waals surface area contributed by atoms with E-state index < -0.39 is 0 Å². The Labute approximate surface area is 59.5 Å². The summed E-state index contributed by atoms with van der Waals surface area (Å²) in [6, 6.07) is 0. The van der Waals surface area contributed by atoms with Crippen LogP contribution >= 0.6 is 0 Å². The molecule has 1 saturated carbocycles. The van der Waals surface area contributed by atoms with Gasteiger partial charge in [-0.1, -0.05) is 6.92 Å². The Kier molecular flexibility index (Phi) is 1.22. The van der Waals surface area contributed by atoms with Gasteiger partial charge in [-0.05, 0) is 18.8 Å². The molecule has 0 amide bonds. The van der Waals surface area contributed by atoms with Crippen molar-refractivity contribution in [3.8, 4) is 0 Å². The molecule has 1 fully saturated rings. The zero-order chi connectivity index (χ0) is 6.97. The van der Waals surface area contributed by atoms with E-state index in [-0.39, 0.29) is 0 Å². The van der Waals surface area contributed by atoms with Crippen LogP contribution in [0.5, 0.6) is 0 Å². The van der Waals surface area contributed by atoms with Gasteiger partial charge in [0.05, 0.1) is 0 Å². The minimum atomic E-state index is 0.475. The van der Waals surface area contributed by atoms with Crippen LogP contribution < -0.4 is 0 Å². The molecular formula is C7H10N2O. The SMILES string of the molecule is CC(c1nnco1)C1CC1. The van der Waals surface area contributed by atoms with Crippen molar-refractivity contribution in [3.05, 3.63) is 12.3 Å². The van der Waals surface area contributed by atoms with Crippen molar-refractivity contribution in [2.75, 3.05) is 0 Å². The summed E-state index contributed by atoms with van der Waals surface area (Å²) in [4.78, 5) is 0. The van der Waals surface area contributed by atoms with Crippen molar-refractivity contribution in [3.63, 3.8) is 0 Å². The third-order valence-corrected chi connectivity index (χ3v) is 2.10. The first-order valence-electron chi connectivity index (χ1n) is 3.64. The lowest BCUT2D eigenvalue weighted by molar-refractivity contribution is 0.436. The molecule has 0 saturated heterocycles. The molecule has 1 aliphatic carbocycles. The molecule has 2 rings (SSSR count). The third-order valence-electron chi connectivity index (χ3n) is 2.10. The zero-order valence-corrected chi connectivity index (χ0v) is 5.95. The molecule has 0 N–H and O–H groups in total. The van der Waals surface area contributed by atoms with E-state index >= 15 is 0 Å². The first-order valence-corrected chi connectivity index (χ1v) is 3.64. The van der Waals surface area contributed by atoms with Gasteiger partial charge in [-0.25, -0.2) is 0 Å². The van der Waals surface area contributed by atoms with Crippen LogP contribution in [0.3, 0.4) is 0 Å². The monoisotopic (exact) mass is 138 g/mol. The zero-order valence-electron chi connectivity index (χ0n) is 5.95. The lowest BCUT2D eigenvalue weighted by atomic mass is 10.1. The van der Waals surface area contributed by atoms with Gasteiger partial charge in [-0.2, -0.15) is 0 Å². The van der Waals surface area contributed by atoms with Crippen molar-refractivity contribution < 1.29 is 4.42 Å². The smallest absolute Gasteiger partial charge is 0.219 e. The third kappa shape index (κ3) is 0.916. The molecule has 3 nitrogen and oxygen atoms in total. The summed E-state index contributed by atoms with van der Waals surface area (Å²) in [5.74, 6) is 2.07. The summed E-state index contributed by atoms with van der Waals surface area (Å²) in [6.45, 7) is 2.14. The number of rotatable bonds is 2. The van der Waals surface area contributed by atoms with E-state index in [0.717, 1.165) is 11.8 Å². The Morgan fingerprint density at radius 3 is 3.00 bits per heavy atom. The molecule has 0 radical (unpaired) electrons. The maximum absolute atomic E-state index is 5.07. The maximum Gasteiger partial charge on any atom is 0.219 e. The molecule has 1 atom stereocenters. The minimum absolute atomic E-state index is 0.475. The Morgan fingerprint density at radius 2 is 2.50 bits per heavy atom. The second kappa shape index (κ2) is 2.08. The van der Waals surface area contributed by atoms with E-state index in [9.17, 15) is 0 Å². The Balaban J connectivity index is 2.11. The van der Waals surface area contributed by atoms with Crippen molar-refractivity contribution in [2.24, 2.45) is 5.92 Å². The van der Waals surface area contributed by atoms with Crippen molar-refractivity contribution in [1.29, 1.82) is 0 Å². The van der Waals surface area contributed by atoms with E-state index in [1.54, 1.807) is 0 Å². The second-order valence-corrected chi connectivity index (χ2v) is 2.90. The molecule has 1 aliphatic rings. The molecular weight excluding hydrogens is 128 g/mol. The van der Waals surface area contributed by atoms with Crippen molar-refractivity contribution in [1.82, 2.24) is 10.2 Å². The van der Waals surface area contributed by atoms with E-state index in [0.29, 0.717) is 5.92 Å². The molecule has 1 aromatic rings. The molecule has 1 unspecified atom stereocenters. The highest BCUT2D eigenvalue weighted by molar-refractivity contribution is 4.95. The van der Waals surface area contributed by atoms with Crippen LogP contribution in [-0.4, -0.2) is 10.2 Å². The van der Waals surface area contributed by atoms with E-state index in [1.165, 1.54) is 19.2 Å². The van der Waals surface area contributed by atoms with Gasteiger partial charge in [0.1, 0.15) is 0 Å². The number of nitrogens with zero attached hydrogens (tertiary/aromatic N) is 2. The van der Waals surface area contributed by atoms with Gasteiger partial charge in [-0.3, -0.25) is 0 Å². The van der Waals surface area contributed by atoms with Crippen molar-refractivity contribution >= 4 is 0 Å². The number of aromatic nitrogens is 2. The first kappa shape index (κ1) is 5.89. The highest BCUT2D eigenvalue weighted by atomic mass is 16.4. The lowest BCUT2D eigenvalue weighted by Gasteiger charge is -2.00. The second-order valence-electron chi connectivity index (χ2n) is 2.90. The van der Waals surface area contributed by atoms with Gasteiger partial charge < -0.3 is 4.42 Å². The van der Waals surface area contributed by atoms with Crippen LogP contribution in [0, 0.1) is 5.92 Å². The van der Waals surface area contributed by atoms with Crippen LogP contribution in [0.15, 0.2) is 10.8 Å². The van der Waals surface area contributed by atoms with Gasteiger partial charge >= 0.3 is 0 Å². The van der Waals surface area contributed by atoms with E-state index in [4.69, 9.17) is 4.42 Å². The summed E-state index contributed by atoms with van der Waals surface area (Å²) >= 11 is 0. The van der Waals surface area contributed by atoms with Gasteiger partial charge in [0.15, 0.2) is 0 Å². The fraction of sp³-hybridized carbons (Fsp3) is 0.714. The molecule has 0 aliphatic heterocycles. The molecule has 1 aromatic heterocycles. The van der Waals surface area contributed by atoms with Crippen LogP contribution in [-0.2, 0) is 0 Å². The minimum Gasteiger partial charge on any atom is -0.428 e. The van der Waals surface area contributed by atoms with E-state index in [2.05, 4.69) is 17.1 Å². The number of hydrogen-bond donors (Lipinski definition) is 0. The van der Waals surface area contributed by atoms with Gasteiger partial charge in [-0.15, -0.1) is 10.2 Å². The van der Waals surface area contributed by atoms with Gasteiger partial charge in [0.2, 0.25) is 12.3 Å². The van der Waals surface area contributed by atoms with Crippen LogP contribution in [0.4, 0.5) is 0 Å². The Morgan fingerprint density at radius 1 is 1.70 bits per heavy atom. The van der Waals surface area contributed by atoms with Gasteiger partial charge in [0, 0.05) is 5.92 Å². The molecule has 54 valence electrons. The van der Waals surface area contributed by atoms with Crippen molar-refractivity contribution in [2.45, 2.75) is 25.7 Å². The summed E-state index contributed by atoms with van der Waals surface area (Å²) in [5.41, 5.74) is 0. The predicted octanol–water partition coefficient (Wildman–Crippen LogP) is 1.58. The molecule has 0 spiro atoms. The fourth-order valence-electron chi connectivity index (χ4n) is 1.18. The summed E-state index contributed by atoms with van der Waals surface area (Å²) in [5, 5.41) is 7.50. The topological polar surface area (TPSA) is 38.9 Å². The van der Waals surface area contributed by atoms with E-state index in [1.807, 2.05) is 0 Å². The van der Waals surface area contributed by atoms with Crippen LogP contribution in [0.1, 0.15) is 31.6 Å². The fourth-order valence-corrected chi connectivity index (χ4v) is 1.18. The van der Waals surface area contributed by atoms with Crippen LogP contribution in [0.25, 0.3) is 0 Å². The highest BCUT2D eigenvalue weighted by Gasteiger charge is 2.31. The summed E-state index contributed by atoms with van der Waals surface area (Å²) < 4.78 is 5.07. The number of hydrogen-bond acceptors (Lipinski definition) is 3. The average Bonchev–Trinajstić information content (AvgIpc) is 2.65. The predicted molar refractivity (Wildman–Crippen MR) is 35.4 cm³/mol. The Hall–Kier alpha value is -0.860. The standard InChI is InChI=1S/C7H10N2O/c1-5(6-2-3-6)7-9-8-4-10-7/h4-6H,2-3H2,1H3. The normalized spacial score (nSPS) is 20.9.